The molecule has 1 fully saturated rings. The smallest absolute Gasteiger partial charge is 0.237 e. The minimum atomic E-state index is -0.0987. The molecule has 1 saturated heterocycles. The van der Waals surface area contributed by atoms with Crippen molar-refractivity contribution < 1.29 is 9.53 Å². The van der Waals surface area contributed by atoms with Crippen molar-refractivity contribution in [2.45, 2.75) is 31.8 Å². The predicted octanol–water partition coefficient (Wildman–Crippen LogP) is 1.73. The first kappa shape index (κ1) is 19.3. The summed E-state index contributed by atoms with van der Waals surface area (Å²) in [5, 5.41) is 3.04. The van der Waals surface area contributed by atoms with Gasteiger partial charge in [0.25, 0.3) is 0 Å². The predicted molar refractivity (Wildman–Crippen MR) is 100 cm³/mol. The Morgan fingerprint density at radius 2 is 2.12 bits per heavy atom. The maximum atomic E-state index is 12.5. The van der Waals surface area contributed by atoms with Gasteiger partial charge in [0.1, 0.15) is 12.4 Å². The standard InChI is InChI=1S/C20H29N3O2/c1-4-12-23-13-6-5-7-19(23)20(24)21-16-17-8-10-18(11-9-17)25-15-14-22(2)3/h1,8-11,19H,5-7,12-16H2,2-3H3,(H,21,24). The molecule has 1 aromatic rings. The largest absolute Gasteiger partial charge is 0.492 e. The van der Waals surface area contributed by atoms with E-state index in [4.69, 9.17) is 11.2 Å². The fraction of sp³-hybridized carbons (Fsp3) is 0.550. The summed E-state index contributed by atoms with van der Waals surface area (Å²) in [6.07, 6.45) is 8.49. The molecule has 0 radical (unpaired) electrons. The molecule has 1 N–H and O–H groups in total. The summed E-state index contributed by atoms with van der Waals surface area (Å²) in [5.41, 5.74) is 1.06. The number of amides is 1. The molecule has 5 nitrogen and oxygen atoms in total. The second kappa shape index (κ2) is 10.1. The molecule has 1 aromatic carbocycles. The van der Waals surface area contributed by atoms with Gasteiger partial charge in [-0.15, -0.1) is 6.42 Å². The first-order chi connectivity index (χ1) is 12.1. The summed E-state index contributed by atoms with van der Waals surface area (Å²) in [7, 11) is 4.04. The maximum absolute atomic E-state index is 12.5. The van der Waals surface area contributed by atoms with Crippen LogP contribution in [-0.4, -0.2) is 62.1 Å². The van der Waals surface area contributed by atoms with E-state index in [-0.39, 0.29) is 11.9 Å². The highest BCUT2D eigenvalue weighted by atomic mass is 16.5. The molecule has 0 aromatic heterocycles. The first-order valence-corrected chi connectivity index (χ1v) is 8.92. The van der Waals surface area contributed by atoms with Gasteiger partial charge < -0.3 is 15.0 Å². The average molecular weight is 343 g/mol. The number of benzene rings is 1. The Balaban J connectivity index is 1.80. The second-order valence-electron chi connectivity index (χ2n) is 6.70. The van der Waals surface area contributed by atoms with Crippen LogP contribution in [0.4, 0.5) is 0 Å². The minimum absolute atomic E-state index is 0.0706. The van der Waals surface area contributed by atoms with Crippen molar-refractivity contribution in [1.82, 2.24) is 15.1 Å². The van der Waals surface area contributed by atoms with Crippen LogP contribution in [-0.2, 0) is 11.3 Å². The molecular weight excluding hydrogens is 314 g/mol. The lowest BCUT2D eigenvalue weighted by Gasteiger charge is -2.33. The number of carbonyl (C=O) groups is 1. The summed E-state index contributed by atoms with van der Waals surface area (Å²) in [6.45, 7) is 3.51. The summed E-state index contributed by atoms with van der Waals surface area (Å²) in [5.74, 6) is 3.58. The van der Waals surface area contributed by atoms with Crippen LogP contribution in [0.15, 0.2) is 24.3 Å². The number of rotatable bonds is 8. The van der Waals surface area contributed by atoms with Crippen LogP contribution < -0.4 is 10.1 Å². The Kier molecular flexibility index (Phi) is 7.77. The van der Waals surface area contributed by atoms with E-state index in [9.17, 15) is 4.79 Å². The minimum Gasteiger partial charge on any atom is -0.492 e. The van der Waals surface area contributed by atoms with Gasteiger partial charge in [0.15, 0.2) is 0 Å². The number of likely N-dealkylation sites (N-methyl/N-ethyl adjacent to an activating group) is 1. The van der Waals surface area contributed by atoms with E-state index in [1.165, 1.54) is 0 Å². The van der Waals surface area contributed by atoms with Gasteiger partial charge in [0.2, 0.25) is 5.91 Å². The van der Waals surface area contributed by atoms with Crippen LogP contribution in [0.2, 0.25) is 0 Å². The van der Waals surface area contributed by atoms with Crippen molar-refractivity contribution in [3.05, 3.63) is 29.8 Å². The molecule has 1 heterocycles. The summed E-state index contributed by atoms with van der Waals surface area (Å²) in [4.78, 5) is 16.7. The fourth-order valence-corrected chi connectivity index (χ4v) is 2.95. The van der Waals surface area contributed by atoms with Gasteiger partial charge in [-0.3, -0.25) is 9.69 Å². The van der Waals surface area contributed by atoms with E-state index in [1.807, 2.05) is 38.4 Å². The molecule has 0 aliphatic carbocycles. The van der Waals surface area contributed by atoms with Crippen LogP contribution in [0.5, 0.6) is 5.75 Å². The van der Waals surface area contributed by atoms with Crippen molar-refractivity contribution in [2.75, 3.05) is 40.3 Å². The lowest BCUT2D eigenvalue weighted by atomic mass is 10.0. The Morgan fingerprint density at radius 1 is 1.36 bits per heavy atom. The third kappa shape index (κ3) is 6.41. The second-order valence-corrected chi connectivity index (χ2v) is 6.70. The zero-order valence-electron chi connectivity index (χ0n) is 15.3. The number of hydrogen-bond donors (Lipinski definition) is 1. The number of carbonyl (C=O) groups excluding carboxylic acids is 1. The SMILES string of the molecule is C#CCN1CCCCC1C(=O)NCc1ccc(OCCN(C)C)cc1. The number of nitrogens with one attached hydrogen (secondary N) is 1. The molecule has 1 aliphatic rings. The molecule has 2 rings (SSSR count). The third-order valence-corrected chi connectivity index (χ3v) is 4.41. The van der Waals surface area contributed by atoms with E-state index in [2.05, 4.69) is 21.0 Å². The highest BCUT2D eigenvalue weighted by molar-refractivity contribution is 5.81. The molecule has 1 amide bonds. The van der Waals surface area contributed by atoms with Crippen LogP contribution in [0.25, 0.3) is 0 Å². The molecule has 1 unspecified atom stereocenters. The average Bonchev–Trinajstić information content (AvgIpc) is 2.61. The van der Waals surface area contributed by atoms with Gasteiger partial charge in [-0.25, -0.2) is 0 Å². The van der Waals surface area contributed by atoms with Crippen molar-refractivity contribution in [3.8, 4) is 18.1 Å². The summed E-state index contributed by atoms with van der Waals surface area (Å²) in [6, 6.07) is 7.78. The molecule has 136 valence electrons. The number of likely N-dealkylation sites (tertiary alicyclic amines) is 1. The monoisotopic (exact) mass is 343 g/mol. The van der Waals surface area contributed by atoms with Crippen molar-refractivity contribution in [2.24, 2.45) is 0 Å². The highest BCUT2D eigenvalue weighted by Gasteiger charge is 2.27. The zero-order valence-corrected chi connectivity index (χ0v) is 15.3. The molecule has 1 atom stereocenters. The quantitative estimate of drug-likeness (QED) is 0.730. The lowest BCUT2D eigenvalue weighted by molar-refractivity contribution is -0.127. The number of hydrogen-bond acceptors (Lipinski definition) is 4. The number of piperidine rings is 1. The number of terminal acetylenes is 1. The van der Waals surface area contributed by atoms with Gasteiger partial charge in [0.05, 0.1) is 12.6 Å². The van der Waals surface area contributed by atoms with Crippen molar-refractivity contribution in [3.63, 3.8) is 0 Å². The van der Waals surface area contributed by atoms with Gasteiger partial charge in [0, 0.05) is 13.1 Å². The molecule has 0 saturated carbocycles. The van der Waals surface area contributed by atoms with Crippen LogP contribution in [0, 0.1) is 12.3 Å². The molecule has 1 aliphatic heterocycles. The lowest BCUT2D eigenvalue weighted by Crippen LogP contribution is -2.49. The Hall–Kier alpha value is -2.03. The van der Waals surface area contributed by atoms with E-state index in [0.29, 0.717) is 19.7 Å². The molecule has 0 spiro atoms. The molecule has 25 heavy (non-hydrogen) atoms. The van der Waals surface area contributed by atoms with Gasteiger partial charge in [-0.1, -0.05) is 24.5 Å². The fourth-order valence-electron chi connectivity index (χ4n) is 2.95. The zero-order chi connectivity index (χ0) is 18.1. The van der Waals surface area contributed by atoms with Crippen molar-refractivity contribution in [1.29, 1.82) is 0 Å². The van der Waals surface area contributed by atoms with Crippen LogP contribution in [0.3, 0.4) is 0 Å². The van der Waals surface area contributed by atoms with E-state index in [1.54, 1.807) is 0 Å². The van der Waals surface area contributed by atoms with Crippen LogP contribution in [0.1, 0.15) is 24.8 Å². The molecule has 5 heteroatoms. The normalized spacial score (nSPS) is 17.9. The van der Waals surface area contributed by atoms with Gasteiger partial charge in [-0.05, 0) is 51.2 Å². The maximum Gasteiger partial charge on any atom is 0.237 e. The number of ether oxygens (including phenoxy) is 1. The summed E-state index contributed by atoms with van der Waals surface area (Å²) >= 11 is 0. The number of nitrogens with zero attached hydrogens (tertiary/aromatic N) is 2. The van der Waals surface area contributed by atoms with Crippen molar-refractivity contribution >= 4 is 5.91 Å². The topological polar surface area (TPSA) is 44.8 Å². The van der Waals surface area contributed by atoms with E-state index in [0.717, 1.165) is 43.7 Å². The van der Waals surface area contributed by atoms with Gasteiger partial charge in [-0.2, -0.15) is 0 Å². The van der Waals surface area contributed by atoms with E-state index < -0.39 is 0 Å². The summed E-state index contributed by atoms with van der Waals surface area (Å²) < 4.78 is 5.68. The van der Waals surface area contributed by atoms with Crippen LogP contribution >= 0.6 is 0 Å². The Bertz CT molecular complexity index is 578. The highest BCUT2D eigenvalue weighted by Crippen LogP contribution is 2.17. The third-order valence-electron chi connectivity index (χ3n) is 4.41. The molecular formula is C20H29N3O2. The van der Waals surface area contributed by atoms with Gasteiger partial charge >= 0.3 is 0 Å². The Morgan fingerprint density at radius 3 is 2.80 bits per heavy atom. The Labute approximate surface area is 151 Å². The first-order valence-electron chi connectivity index (χ1n) is 8.92. The van der Waals surface area contributed by atoms with E-state index >= 15 is 0 Å². The molecule has 0 bridgehead atoms.